The normalized spacial score (nSPS) is 27.1. The third kappa shape index (κ3) is 5.95. The Balaban J connectivity index is 1.52. The summed E-state index contributed by atoms with van der Waals surface area (Å²) in [6, 6.07) is 0.561. The van der Waals surface area contributed by atoms with E-state index < -0.39 is 36.3 Å². The van der Waals surface area contributed by atoms with E-state index in [-0.39, 0.29) is 36.3 Å². The minimum atomic E-state index is -0.892. The molecule has 2 N–H and O–H groups in total. The van der Waals surface area contributed by atoms with Crippen LogP contribution in [0, 0.1) is 0 Å². The number of nitrogens with zero attached hydrogens (tertiary/aromatic N) is 1. The van der Waals surface area contributed by atoms with Gasteiger partial charge in [-0.2, -0.15) is 0 Å². The van der Waals surface area contributed by atoms with E-state index in [1.54, 1.807) is 11.8 Å². The van der Waals surface area contributed by atoms with Gasteiger partial charge in [-0.15, -0.1) is 0 Å². The van der Waals surface area contributed by atoms with Crippen molar-refractivity contribution in [3.8, 4) is 17.2 Å². The quantitative estimate of drug-likeness (QED) is 0.347. The summed E-state index contributed by atoms with van der Waals surface area (Å²) in [6.07, 6.45) is 4.95. The van der Waals surface area contributed by atoms with Crippen LogP contribution in [0.5, 0.6) is 17.2 Å². The molecule has 3 amide bonds. The van der Waals surface area contributed by atoms with Crippen LogP contribution >= 0.6 is 0 Å². The van der Waals surface area contributed by atoms with Crippen molar-refractivity contribution in [2.45, 2.75) is 69.5 Å². The summed E-state index contributed by atoms with van der Waals surface area (Å²) < 4.78 is 26.6. The summed E-state index contributed by atoms with van der Waals surface area (Å²) in [5, 5.41) is 5.66. The molecule has 0 saturated carbocycles. The van der Waals surface area contributed by atoms with E-state index in [0.717, 1.165) is 0 Å². The highest BCUT2D eigenvalue weighted by Gasteiger charge is 2.45. The minimum absolute atomic E-state index is 0.00327. The first kappa shape index (κ1) is 28.2. The van der Waals surface area contributed by atoms with Crippen LogP contribution in [-0.4, -0.2) is 87.0 Å². The van der Waals surface area contributed by atoms with Crippen molar-refractivity contribution in [2.75, 3.05) is 27.9 Å². The molecule has 12 nitrogen and oxygen atoms in total. The molecule has 212 valence electrons. The van der Waals surface area contributed by atoms with Crippen molar-refractivity contribution < 1.29 is 42.9 Å². The SMILES string of the molecule is CCOC1OC(=O)CC1NC(=O)[C@@H]1CC[C@H]2C/C=C\C[C@H](NC(=O)c3cc(OC)c(OC)c(OC)c3)C(=O)N21. The Bertz CT molecular complexity index is 1110. The monoisotopic (exact) mass is 545 g/mol. The Morgan fingerprint density at radius 1 is 1.00 bits per heavy atom. The molecule has 0 aromatic heterocycles. The number of rotatable bonds is 9. The maximum Gasteiger partial charge on any atom is 0.310 e. The van der Waals surface area contributed by atoms with Crippen LogP contribution in [0.2, 0.25) is 0 Å². The Labute approximate surface area is 226 Å². The zero-order valence-electron chi connectivity index (χ0n) is 22.6. The van der Waals surface area contributed by atoms with E-state index in [1.807, 2.05) is 12.2 Å². The molecule has 3 aliphatic rings. The second-order valence-electron chi connectivity index (χ2n) is 9.51. The van der Waals surface area contributed by atoms with Crippen LogP contribution in [0.15, 0.2) is 24.3 Å². The van der Waals surface area contributed by atoms with E-state index in [0.29, 0.717) is 43.1 Å². The van der Waals surface area contributed by atoms with Gasteiger partial charge in [0.15, 0.2) is 11.5 Å². The van der Waals surface area contributed by atoms with Crippen LogP contribution in [-0.2, 0) is 23.9 Å². The number of nitrogens with one attached hydrogen (secondary N) is 2. The fraction of sp³-hybridized carbons (Fsp3) is 0.556. The second kappa shape index (κ2) is 12.4. The lowest BCUT2D eigenvalue weighted by atomic mass is 10.0. The van der Waals surface area contributed by atoms with Crippen molar-refractivity contribution in [1.82, 2.24) is 15.5 Å². The zero-order chi connectivity index (χ0) is 28.1. The highest BCUT2D eigenvalue weighted by atomic mass is 16.7. The van der Waals surface area contributed by atoms with E-state index in [1.165, 1.54) is 33.5 Å². The maximum absolute atomic E-state index is 13.8. The van der Waals surface area contributed by atoms with E-state index in [2.05, 4.69) is 10.6 Å². The standard InChI is InChI=1S/C27H35N3O9/c1-5-38-27-18(14-22(31)39-27)29-25(33)19-11-10-16-8-6-7-9-17(26(34)30(16)19)28-24(32)15-12-20(35-2)23(37-4)21(13-15)36-3/h6-7,12-13,16-19,27H,5,8-11,14H2,1-4H3,(H,28,32)(H,29,33)/b7-6-/t16-,17+,18?,19+,27?/m1/s1. The summed E-state index contributed by atoms with van der Waals surface area (Å²) in [6.45, 7) is 2.09. The van der Waals surface area contributed by atoms with Gasteiger partial charge >= 0.3 is 5.97 Å². The minimum Gasteiger partial charge on any atom is -0.493 e. The van der Waals surface area contributed by atoms with Gasteiger partial charge < -0.3 is 39.2 Å². The first-order valence-corrected chi connectivity index (χ1v) is 13.0. The van der Waals surface area contributed by atoms with Crippen LogP contribution in [0.4, 0.5) is 0 Å². The average molecular weight is 546 g/mol. The van der Waals surface area contributed by atoms with Gasteiger partial charge in [0.05, 0.1) is 27.8 Å². The molecule has 1 aromatic rings. The molecule has 0 radical (unpaired) electrons. The van der Waals surface area contributed by atoms with Gasteiger partial charge in [0.1, 0.15) is 18.1 Å². The van der Waals surface area contributed by atoms with E-state index >= 15 is 0 Å². The van der Waals surface area contributed by atoms with Crippen LogP contribution in [0.25, 0.3) is 0 Å². The van der Waals surface area contributed by atoms with Gasteiger partial charge in [-0.25, -0.2) is 0 Å². The Hall–Kier alpha value is -3.80. The Morgan fingerprint density at radius 2 is 1.69 bits per heavy atom. The second-order valence-corrected chi connectivity index (χ2v) is 9.51. The van der Waals surface area contributed by atoms with Crippen molar-refractivity contribution in [2.24, 2.45) is 0 Å². The predicted molar refractivity (Wildman–Crippen MR) is 137 cm³/mol. The first-order chi connectivity index (χ1) is 18.8. The fourth-order valence-electron chi connectivity index (χ4n) is 5.29. The Kier molecular flexibility index (Phi) is 8.95. The van der Waals surface area contributed by atoms with Gasteiger partial charge in [0.25, 0.3) is 5.91 Å². The highest BCUT2D eigenvalue weighted by Crippen LogP contribution is 2.38. The number of ether oxygens (including phenoxy) is 5. The largest absolute Gasteiger partial charge is 0.493 e. The number of fused-ring (bicyclic) bond motifs is 1. The molecule has 0 bridgehead atoms. The molecular formula is C27H35N3O9. The van der Waals surface area contributed by atoms with Gasteiger partial charge in [0, 0.05) is 18.2 Å². The van der Waals surface area contributed by atoms with Crippen molar-refractivity contribution in [1.29, 1.82) is 0 Å². The number of benzene rings is 1. The zero-order valence-corrected chi connectivity index (χ0v) is 22.6. The summed E-state index contributed by atoms with van der Waals surface area (Å²) >= 11 is 0. The number of cyclic esters (lactones) is 1. The summed E-state index contributed by atoms with van der Waals surface area (Å²) in [5.74, 6) is -0.717. The van der Waals surface area contributed by atoms with E-state index in [9.17, 15) is 19.2 Å². The van der Waals surface area contributed by atoms with Gasteiger partial charge in [-0.1, -0.05) is 12.2 Å². The van der Waals surface area contributed by atoms with Crippen molar-refractivity contribution >= 4 is 23.7 Å². The van der Waals surface area contributed by atoms with Crippen LogP contribution in [0.3, 0.4) is 0 Å². The summed E-state index contributed by atoms with van der Waals surface area (Å²) in [4.78, 5) is 53.8. The number of esters is 1. The first-order valence-electron chi connectivity index (χ1n) is 13.0. The molecule has 0 aliphatic carbocycles. The third-order valence-electron chi connectivity index (χ3n) is 7.16. The lowest BCUT2D eigenvalue weighted by molar-refractivity contribution is -0.164. The molecule has 3 heterocycles. The average Bonchev–Trinajstić information content (AvgIpc) is 3.50. The van der Waals surface area contributed by atoms with Gasteiger partial charge in [-0.3, -0.25) is 19.2 Å². The molecule has 0 spiro atoms. The smallest absolute Gasteiger partial charge is 0.310 e. The molecule has 2 fully saturated rings. The van der Waals surface area contributed by atoms with Crippen molar-refractivity contribution in [3.63, 3.8) is 0 Å². The number of amides is 3. The molecule has 2 saturated heterocycles. The lowest BCUT2D eigenvalue weighted by Crippen LogP contribution is -2.57. The number of carbonyl (C=O) groups excluding carboxylic acids is 4. The summed E-state index contributed by atoms with van der Waals surface area (Å²) in [7, 11) is 4.36. The van der Waals surface area contributed by atoms with Gasteiger partial charge in [0.2, 0.25) is 23.9 Å². The molecule has 1 aromatic carbocycles. The van der Waals surface area contributed by atoms with Gasteiger partial charge in [-0.05, 0) is 44.7 Å². The van der Waals surface area contributed by atoms with Crippen molar-refractivity contribution in [3.05, 3.63) is 29.8 Å². The Morgan fingerprint density at radius 3 is 2.33 bits per heavy atom. The fourth-order valence-corrected chi connectivity index (χ4v) is 5.29. The lowest BCUT2D eigenvalue weighted by Gasteiger charge is -2.34. The number of methoxy groups -OCH3 is 3. The topological polar surface area (TPSA) is 142 Å². The third-order valence-corrected chi connectivity index (χ3v) is 7.16. The molecule has 4 rings (SSSR count). The number of hydrogen-bond donors (Lipinski definition) is 2. The predicted octanol–water partition coefficient (Wildman–Crippen LogP) is 1.31. The number of hydrogen-bond acceptors (Lipinski definition) is 9. The molecule has 12 heteroatoms. The van der Waals surface area contributed by atoms with E-state index in [4.69, 9.17) is 23.7 Å². The molecular weight excluding hydrogens is 510 g/mol. The molecule has 2 unspecified atom stereocenters. The number of carbonyl (C=O) groups is 4. The molecule has 5 atom stereocenters. The highest BCUT2D eigenvalue weighted by molar-refractivity contribution is 5.99. The maximum atomic E-state index is 13.8. The molecule has 3 aliphatic heterocycles. The van der Waals surface area contributed by atoms with Crippen LogP contribution < -0.4 is 24.8 Å². The molecule has 39 heavy (non-hydrogen) atoms. The van der Waals surface area contributed by atoms with Crippen LogP contribution in [0.1, 0.15) is 49.4 Å². The summed E-state index contributed by atoms with van der Waals surface area (Å²) in [5.41, 5.74) is 0.225.